The van der Waals surface area contributed by atoms with E-state index in [1.807, 2.05) is 36.6 Å². The zero-order valence-corrected chi connectivity index (χ0v) is 10.2. The first-order chi connectivity index (χ1) is 8.18. The van der Waals surface area contributed by atoms with Crippen molar-refractivity contribution in [2.24, 2.45) is 5.73 Å². The van der Waals surface area contributed by atoms with Gasteiger partial charge in [-0.1, -0.05) is 12.1 Å². The zero-order valence-electron chi connectivity index (χ0n) is 9.38. The number of aryl methyl sites for hydroxylation is 1. The lowest BCUT2D eigenvalue weighted by Gasteiger charge is -2.11. The molecule has 88 valence electrons. The maximum atomic E-state index is 11.9. The number of carbonyl (C=O) groups excluding carboxylic acids is 1. The average molecular weight is 247 g/mol. The highest BCUT2D eigenvalue weighted by Crippen LogP contribution is 2.18. The van der Waals surface area contributed by atoms with Gasteiger partial charge in [0.05, 0.1) is 0 Å². The molecule has 1 amide bonds. The highest BCUT2D eigenvalue weighted by atomic mass is 32.1. The van der Waals surface area contributed by atoms with Crippen LogP contribution in [0.3, 0.4) is 0 Å². The predicted octanol–water partition coefficient (Wildman–Crippen LogP) is 2.09. The molecule has 4 nitrogen and oxygen atoms in total. The molecule has 3 N–H and O–H groups in total. The van der Waals surface area contributed by atoms with Gasteiger partial charge >= 0.3 is 0 Å². The zero-order chi connectivity index (χ0) is 12.3. The van der Waals surface area contributed by atoms with Crippen molar-refractivity contribution in [1.82, 2.24) is 4.98 Å². The third-order valence-corrected chi connectivity index (χ3v) is 3.34. The van der Waals surface area contributed by atoms with Crippen LogP contribution in [-0.2, 0) is 4.79 Å². The molecule has 0 aliphatic carbocycles. The SMILES string of the molecule is Cc1cccnc1NC(=O)C(N)c1cccs1. The number of amides is 1. The van der Waals surface area contributed by atoms with Crippen molar-refractivity contribution in [3.63, 3.8) is 0 Å². The first kappa shape index (κ1) is 11.8. The highest BCUT2D eigenvalue weighted by Gasteiger charge is 2.17. The minimum Gasteiger partial charge on any atom is -0.316 e. The number of anilines is 1. The van der Waals surface area contributed by atoms with Crippen molar-refractivity contribution in [3.05, 3.63) is 46.3 Å². The van der Waals surface area contributed by atoms with Crippen molar-refractivity contribution < 1.29 is 4.79 Å². The van der Waals surface area contributed by atoms with Gasteiger partial charge in [0, 0.05) is 11.1 Å². The number of hydrogen-bond acceptors (Lipinski definition) is 4. The van der Waals surface area contributed by atoms with Crippen LogP contribution in [0, 0.1) is 6.92 Å². The third-order valence-electron chi connectivity index (χ3n) is 2.38. The second-order valence-corrected chi connectivity index (χ2v) is 4.63. The van der Waals surface area contributed by atoms with Gasteiger partial charge < -0.3 is 11.1 Å². The second-order valence-electron chi connectivity index (χ2n) is 3.65. The summed E-state index contributed by atoms with van der Waals surface area (Å²) in [5, 5.41) is 4.63. The van der Waals surface area contributed by atoms with Crippen molar-refractivity contribution >= 4 is 23.1 Å². The van der Waals surface area contributed by atoms with Crippen LogP contribution in [0.4, 0.5) is 5.82 Å². The Labute approximate surface area is 103 Å². The van der Waals surface area contributed by atoms with Crippen molar-refractivity contribution in [2.45, 2.75) is 13.0 Å². The first-order valence-electron chi connectivity index (χ1n) is 5.20. The Morgan fingerprint density at radius 3 is 2.94 bits per heavy atom. The third kappa shape index (κ3) is 2.69. The van der Waals surface area contributed by atoms with E-state index < -0.39 is 6.04 Å². The quantitative estimate of drug-likeness (QED) is 0.872. The molecule has 0 bridgehead atoms. The molecule has 2 heterocycles. The number of nitrogens with one attached hydrogen (secondary N) is 1. The van der Waals surface area contributed by atoms with E-state index in [9.17, 15) is 4.79 Å². The number of nitrogens with two attached hydrogens (primary N) is 1. The van der Waals surface area contributed by atoms with Crippen LogP contribution in [-0.4, -0.2) is 10.9 Å². The smallest absolute Gasteiger partial charge is 0.247 e. The lowest BCUT2D eigenvalue weighted by Crippen LogP contribution is -2.27. The topological polar surface area (TPSA) is 68.0 Å². The summed E-state index contributed by atoms with van der Waals surface area (Å²) in [4.78, 5) is 16.8. The lowest BCUT2D eigenvalue weighted by molar-refractivity contribution is -0.117. The molecule has 2 rings (SSSR count). The van der Waals surface area contributed by atoms with E-state index in [1.54, 1.807) is 6.20 Å². The number of rotatable bonds is 3. The van der Waals surface area contributed by atoms with Crippen LogP contribution < -0.4 is 11.1 Å². The van der Waals surface area contributed by atoms with Gasteiger partial charge in [-0.2, -0.15) is 0 Å². The lowest BCUT2D eigenvalue weighted by atomic mass is 10.2. The minimum absolute atomic E-state index is 0.241. The fraction of sp³-hybridized carbons (Fsp3) is 0.167. The maximum Gasteiger partial charge on any atom is 0.247 e. The Morgan fingerprint density at radius 1 is 1.47 bits per heavy atom. The Balaban J connectivity index is 2.10. The van der Waals surface area contributed by atoms with Gasteiger partial charge in [0.25, 0.3) is 0 Å². The Morgan fingerprint density at radius 2 is 2.29 bits per heavy atom. The summed E-state index contributed by atoms with van der Waals surface area (Å²) >= 11 is 1.47. The summed E-state index contributed by atoms with van der Waals surface area (Å²) in [6.45, 7) is 1.89. The van der Waals surface area contributed by atoms with E-state index in [0.717, 1.165) is 10.4 Å². The molecule has 1 atom stereocenters. The van der Waals surface area contributed by atoms with Crippen LogP contribution in [0.1, 0.15) is 16.5 Å². The number of hydrogen-bond donors (Lipinski definition) is 2. The molecule has 2 aromatic rings. The van der Waals surface area contributed by atoms with E-state index in [4.69, 9.17) is 5.73 Å². The number of carbonyl (C=O) groups is 1. The summed E-state index contributed by atoms with van der Waals surface area (Å²) in [5.41, 5.74) is 6.77. The van der Waals surface area contributed by atoms with Crippen molar-refractivity contribution in [2.75, 3.05) is 5.32 Å². The Bertz CT molecular complexity index is 510. The molecule has 2 aromatic heterocycles. The molecular formula is C12H13N3OS. The molecule has 0 spiro atoms. The predicted molar refractivity (Wildman–Crippen MR) is 68.9 cm³/mol. The van der Waals surface area contributed by atoms with E-state index in [-0.39, 0.29) is 5.91 Å². The molecule has 0 radical (unpaired) electrons. The summed E-state index contributed by atoms with van der Waals surface area (Å²) in [7, 11) is 0. The summed E-state index contributed by atoms with van der Waals surface area (Å²) in [6.07, 6.45) is 1.64. The average Bonchev–Trinajstić information content (AvgIpc) is 2.84. The maximum absolute atomic E-state index is 11.9. The van der Waals surface area contributed by atoms with Crippen LogP contribution >= 0.6 is 11.3 Å². The highest BCUT2D eigenvalue weighted by molar-refractivity contribution is 7.10. The van der Waals surface area contributed by atoms with E-state index >= 15 is 0 Å². The molecule has 5 heteroatoms. The molecule has 0 saturated carbocycles. The van der Waals surface area contributed by atoms with Crippen LogP contribution in [0.5, 0.6) is 0 Å². The van der Waals surface area contributed by atoms with Gasteiger partial charge in [0.15, 0.2) is 0 Å². The molecule has 1 unspecified atom stereocenters. The van der Waals surface area contributed by atoms with E-state index in [2.05, 4.69) is 10.3 Å². The van der Waals surface area contributed by atoms with Gasteiger partial charge in [-0.05, 0) is 30.0 Å². The van der Waals surface area contributed by atoms with Gasteiger partial charge in [-0.3, -0.25) is 4.79 Å². The largest absolute Gasteiger partial charge is 0.316 e. The summed E-state index contributed by atoms with van der Waals surface area (Å²) < 4.78 is 0. The molecule has 0 fully saturated rings. The number of aromatic nitrogens is 1. The second kappa shape index (κ2) is 5.07. The fourth-order valence-corrected chi connectivity index (χ4v) is 2.13. The van der Waals surface area contributed by atoms with Crippen molar-refractivity contribution in [3.8, 4) is 0 Å². The monoisotopic (exact) mass is 247 g/mol. The van der Waals surface area contributed by atoms with Crippen LogP contribution in [0.25, 0.3) is 0 Å². The van der Waals surface area contributed by atoms with Crippen molar-refractivity contribution in [1.29, 1.82) is 0 Å². The van der Waals surface area contributed by atoms with Crippen LogP contribution in [0.15, 0.2) is 35.8 Å². The first-order valence-corrected chi connectivity index (χ1v) is 6.08. The fourth-order valence-electron chi connectivity index (χ4n) is 1.41. The number of nitrogens with zero attached hydrogens (tertiary/aromatic N) is 1. The Hall–Kier alpha value is -1.72. The van der Waals surface area contributed by atoms with E-state index in [1.165, 1.54) is 11.3 Å². The van der Waals surface area contributed by atoms with Gasteiger partial charge in [-0.15, -0.1) is 11.3 Å². The molecule has 17 heavy (non-hydrogen) atoms. The van der Waals surface area contributed by atoms with Gasteiger partial charge in [0.2, 0.25) is 5.91 Å². The number of pyridine rings is 1. The van der Waals surface area contributed by atoms with Gasteiger partial charge in [-0.25, -0.2) is 4.98 Å². The standard InChI is InChI=1S/C12H13N3OS/c1-8-4-2-6-14-11(8)15-12(16)10(13)9-5-3-7-17-9/h2-7,10H,13H2,1H3,(H,14,15,16). The molecule has 0 saturated heterocycles. The minimum atomic E-state index is -0.642. The Kier molecular flexibility index (Phi) is 3.51. The summed E-state index contributed by atoms with van der Waals surface area (Å²) in [5.74, 6) is 0.318. The van der Waals surface area contributed by atoms with E-state index in [0.29, 0.717) is 5.82 Å². The molecular weight excluding hydrogens is 234 g/mol. The molecule has 0 aliphatic heterocycles. The summed E-state index contributed by atoms with van der Waals surface area (Å²) in [6, 6.07) is 6.79. The number of thiophene rings is 1. The van der Waals surface area contributed by atoms with Crippen LogP contribution in [0.2, 0.25) is 0 Å². The molecule has 0 aliphatic rings. The van der Waals surface area contributed by atoms with Gasteiger partial charge in [0.1, 0.15) is 11.9 Å². The molecule has 0 aromatic carbocycles. The normalized spacial score (nSPS) is 12.1.